The van der Waals surface area contributed by atoms with Crippen LogP contribution in [-0.2, 0) is 5.41 Å². The molecule has 2 N–H and O–H groups in total. The molecule has 0 aromatic heterocycles. The normalized spacial score (nSPS) is 27.7. The van der Waals surface area contributed by atoms with E-state index in [4.69, 9.17) is 4.74 Å². The third-order valence-electron chi connectivity index (χ3n) is 6.84. The Hall–Kier alpha value is -2.14. The molecule has 3 nitrogen and oxygen atoms in total. The molecule has 4 rings (SSSR count). The van der Waals surface area contributed by atoms with Crippen molar-refractivity contribution in [2.45, 2.75) is 63.5 Å². The van der Waals surface area contributed by atoms with Crippen LogP contribution in [0.3, 0.4) is 0 Å². The summed E-state index contributed by atoms with van der Waals surface area (Å²) in [5.74, 6) is -0.447. The van der Waals surface area contributed by atoms with Crippen molar-refractivity contribution in [1.82, 2.24) is 0 Å². The number of ether oxygens (including phenoxy) is 1. The van der Waals surface area contributed by atoms with Crippen LogP contribution in [0.5, 0.6) is 5.75 Å². The van der Waals surface area contributed by atoms with Gasteiger partial charge in [0, 0.05) is 22.2 Å². The zero-order valence-electron chi connectivity index (χ0n) is 16.8. The highest BCUT2D eigenvalue weighted by Gasteiger charge is 2.62. The molecular weight excluding hydrogens is 360 g/mol. The van der Waals surface area contributed by atoms with Crippen LogP contribution in [0.2, 0.25) is 0 Å². The fourth-order valence-corrected chi connectivity index (χ4v) is 5.31. The van der Waals surface area contributed by atoms with Crippen LogP contribution >= 0.6 is 0 Å². The molecule has 0 amide bonds. The van der Waals surface area contributed by atoms with Gasteiger partial charge in [0.05, 0.1) is 17.7 Å². The van der Waals surface area contributed by atoms with Crippen molar-refractivity contribution in [3.05, 3.63) is 47.5 Å². The van der Waals surface area contributed by atoms with Gasteiger partial charge in [-0.1, -0.05) is 6.92 Å². The first kappa shape index (κ1) is 19.2. The quantitative estimate of drug-likeness (QED) is 0.740. The highest BCUT2D eigenvalue weighted by molar-refractivity contribution is 5.76. The Labute approximate surface area is 164 Å². The minimum absolute atomic E-state index is 0.290. The number of anilines is 1. The van der Waals surface area contributed by atoms with E-state index in [0.29, 0.717) is 35.6 Å². The average molecular weight is 387 g/mol. The number of nitrogens with one attached hydrogen (secondary N) is 1. The molecule has 1 aliphatic heterocycles. The number of halogens is 2. The SMILES string of the molecule is CCOc1ccc(F)cc1-c1cc2c(cc1F)NC(C)(C)C1(O)CCCC21C. The van der Waals surface area contributed by atoms with Crippen molar-refractivity contribution >= 4 is 5.69 Å². The Balaban J connectivity index is 1.95. The lowest BCUT2D eigenvalue weighted by molar-refractivity contribution is -0.0628. The summed E-state index contributed by atoms with van der Waals surface area (Å²) in [5.41, 5.74) is 0.181. The van der Waals surface area contributed by atoms with E-state index in [0.717, 1.165) is 18.4 Å². The molecule has 0 radical (unpaired) electrons. The van der Waals surface area contributed by atoms with Crippen LogP contribution in [0.15, 0.2) is 30.3 Å². The lowest BCUT2D eigenvalue weighted by Crippen LogP contribution is -2.65. The van der Waals surface area contributed by atoms with E-state index in [1.165, 1.54) is 24.3 Å². The van der Waals surface area contributed by atoms with E-state index >= 15 is 4.39 Å². The molecular formula is C23H27F2NO2. The van der Waals surface area contributed by atoms with Crippen molar-refractivity contribution in [2.75, 3.05) is 11.9 Å². The minimum atomic E-state index is -0.952. The monoisotopic (exact) mass is 387 g/mol. The van der Waals surface area contributed by atoms with Gasteiger partial charge in [-0.05, 0) is 75.9 Å². The van der Waals surface area contributed by atoms with Crippen LogP contribution in [0, 0.1) is 11.6 Å². The van der Waals surface area contributed by atoms with Crippen LogP contribution in [0.1, 0.15) is 52.5 Å². The first-order valence-corrected chi connectivity index (χ1v) is 9.90. The van der Waals surface area contributed by atoms with E-state index in [-0.39, 0.29) is 0 Å². The van der Waals surface area contributed by atoms with Gasteiger partial charge in [-0.2, -0.15) is 0 Å². The largest absolute Gasteiger partial charge is 0.493 e. The van der Waals surface area contributed by atoms with E-state index in [2.05, 4.69) is 12.2 Å². The van der Waals surface area contributed by atoms with Crippen molar-refractivity contribution in [3.8, 4) is 16.9 Å². The third-order valence-corrected chi connectivity index (χ3v) is 6.84. The summed E-state index contributed by atoms with van der Waals surface area (Å²) in [4.78, 5) is 0. The van der Waals surface area contributed by atoms with Gasteiger partial charge in [-0.15, -0.1) is 0 Å². The molecule has 1 aliphatic carbocycles. The van der Waals surface area contributed by atoms with E-state index in [1.54, 1.807) is 6.07 Å². The summed E-state index contributed by atoms with van der Waals surface area (Å²) >= 11 is 0. The maximum atomic E-state index is 15.2. The van der Waals surface area contributed by atoms with Crippen molar-refractivity contribution in [3.63, 3.8) is 0 Å². The van der Waals surface area contributed by atoms with Crippen LogP contribution in [-0.4, -0.2) is 22.9 Å². The first-order chi connectivity index (χ1) is 13.1. The van der Waals surface area contributed by atoms with Gasteiger partial charge in [0.2, 0.25) is 0 Å². The van der Waals surface area contributed by atoms with Gasteiger partial charge in [-0.3, -0.25) is 0 Å². The molecule has 0 bridgehead atoms. The number of hydrogen-bond donors (Lipinski definition) is 2. The minimum Gasteiger partial charge on any atom is -0.493 e. The third kappa shape index (κ3) is 2.48. The Kier molecular flexibility index (Phi) is 4.23. The first-order valence-electron chi connectivity index (χ1n) is 9.90. The second kappa shape index (κ2) is 6.18. The van der Waals surface area contributed by atoms with Crippen LogP contribution in [0.25, 0.3) is 11.1 Å². The summed E-state index contributed by atoms with van der Waals surface area (Å²) < 4.78 is 34.7. The molecule has 1 fully saturated rings. The molecule has 2 unspecified atom stereocenters. The van der Waals surface area contributed by atoms with Gasteiger partial charge in [-0.25, -0.2) is 8.78 Å². The van der Waals surface area contributed by atoms with E-state index < -0.39 is 28.2 Å². The molecule has 28 heavy (non-hydrogen) atoms. The number of rotatable bonds is 3. The molecule has 150 valence electrons. The topological polar surface area (TPSA) is 41.5 Å². The smallest absolute Gasteiger partial charge is 0.133 e. The van der Waals surface area contributed by atoms with Crippen molar-refractivity contribution in [1.29, 1.82) is 0 Å². The van der Waals surface area contributed by atoms with Gasteiger partial charge >= 0.3 is 0 Å². The van der Waals surface area contributed by atoms with Crippen molar-refractivity contribution < 1.29 is 18.6 Å². The summed E-state index contributed by atoms with van der Waals surface area (Å²) in [6, 6.07) is 7.38. The van der Waals surface area contributed by atoms with Crippen molar-refractivity contribution in [2.24, 2.45) is 0 Å². The van der Waals surface area contributed by atoms with Gasteiger partial charge < -0.3 is 15.2 Å². The Morgan fingerprint density at radius 3 is 2.54 bits per heavy atom. The number of aliphatic hydroxyl groups is 1. The second-order valence-electron chi connectivity index (χ2n) is 8.75. The van der Waals surface area contributed by atoms with Gasteiger partial charge in [0.25, 0.3) is 0 Å². The Bertz CT molecular complexity index is 942. The number of hydrogen-bond acceptors (Lipinski definition) is 3. The summed E-state index contributed by atoms with van der Waals surface area (Å²) in [6.07, 6.45) is 2.39. The van der Waals surface area contributed by atoms with Gasteiger partial charge in [0.1, 0.15) is 17.4 Å². The lowest BCUT2D eigenvalue weighted by atomic mass is 9.60. The Morgan fingerprint density at radius 2 is 1.82 bits per heavy atom. The predicted molar refractivity (Wildman–Crippen MR) is 107 cm³/mol. The zero-order chi connectivity index (χ0) is 20.3. The molecule has 5 heteroatoms. The summed E-state index contributed by atoms with van der Waals surface area (Å²) in [5, 5.41) is 15.0. The molecule has 2 atom stereocenters. The maximum Gasteiger partial charge on any atom is 0.133 e. The molecule has 2 aromatic rings. The van der Waals surface area contributed by atoms with Crippen LogP contribution < -0.4 is 10.1 Å². The number of fused-ring (bicyclic) bond motifs is 3. The Morgan fingerprint density at radius 1 is 1.07 bits per heavy atom. The molecule has 2 aliphatic rings. The molecule has 2 aromatic carbocycles. The van der Waals surface area contributed by atoms with E-state index in [1.807, 2.05) is 20.8 Å². The predicted octanol–water partition coefficient (Wildman–Crippen LogP) is 5.41. The molecule has 1 saturated carbocycles. The second-order valence-corrected chi connectivity index (χ2v) is 8.75. The summed E-state index contributed by atoms with van der Waals surface area (Å²) in [6.45, 7) is 8.22. The van der Waals surface area contributed by atoms with Crippen LogP contribution in [0.4, 0.5) is 14.5 Å². The molecule has 1 heterocycles. The average Bonchev–Trinajstić information content (AvgIpc) is 2.94. The fourth-order valence-electron chi connectivity index (χ4n) is 5.31. The standard InChI is InChI=1S/C23H27F2NO2/c1-5-28-20-8-7-14(24)11-16(20)15-12-17-19(13-18(15)25)26-21(2,3)23(27)10-6-9-22(17,23)4/h7-8,11-13,26-27H,5-6,9-10H2,1-4H3. The fraction of sp³-hybridized carbons (Fsp3) is 0.478. The number of benzene rings is 2. The summed E-state index contributed by atoms with van der Waals surface area (Å²) in [7, 11) is 0. The van der Waals surface area contributed by atoms with E-state index in [9.17, 15) is 9.50 Å². The lowest BCUT2D eigenvalue weighted by Gasteiger charge is -2.55. The zero-order valence-corrected chi connectivity index (χ0v) is 16.8. The molecule has 0 saturated heterocycles. The maximum absolute atomic E-state index is 15.2. The van der Waals surface area contributed by atoms with Gasteiger partial charge in [0.15, 0.2) is 0 Å². The highest BCUT2D eigenvalue weighted by atomic mass is 19.1. The highest BCUT2D eigenvalue weighted by Crippen LogP contribution is 2.59. The molecule has 0 spiro atoms.